The van der Waals surface area contributed by atoms with Crippen LogP contribution in [0.4, 0.5) is 0 Å². The van der Waals surface area contributed by atoms with Gasteiger partial charge in [0.2, 0.25) is 5.89 Å². The highest BCUT2D eigenvalue weighted by Crippen LogP contribution is 2.22. The predicted octanol–water partition coefficient (Wildman–Crippen LogP) is 1.56. The van der Waals surface area contributed by atoms with Gasteiger partial charge >= 0.3 is 0 Å². The smallest absolute Gasteiger partial charge is 0.257 e. The summed E-state index contributed by atoms with van der Waals surface area (Å²) in [4.78, 5) is 1.02. The van der Waals surface area contributed by atoms with Crippen molar-refractivity contribution in [2.45, 2.75) is 6.42 Å². The number of hydrogen-bond donors (Lipinski definition) is 1. The second-order valence-electron chi connectivity index (χ2n) is 2.83. The van der Waals surface area contributed by atoms with E-state index in [-0.39, 0.29) is 0 Å². The first kappa shape index (κ1) is 9.36. The number of aromatic nitrogens is 2. The van der Waals surface area contributed by atoms with Crippen LogP contribution in [0.5, 0.6) is 0 Å². The van der Waals surface area contributed by atoms with Gasteiger partial charge in [-0.25, -0.2) is 0 Å². The topological polar surface area (TPSA) is 51.0 Å². The van der Waals surface area contributed by atoms with Gasteiger partial charge in [-0.1, -0.05) is 6.07 Å². The maximum atomic E-state index is 5.48. The fourth-order valence-electron chi connectivity index (χ4n) is 1.09. The van der Waals surface area contributed by atoms with Gasteiger partial charge in [0.25, 0.3) is 5.89 Å². The molecule has 0 atom stereocenters. The first-order valence-electron chi connectivity index (χ1n) is 4.41. The number of nitrogens with one attached hydrogen (secondary N) is 1. The van der Waals surface area contributed by atoms with Crippen molar-refractivity contribution < 1.29 is 4.42 Å². The minimum absolute atomic E-state index is 0.617. The Hall–Kier alpha value is -1.20. The Balaban J connectivity index is 2.10. The zero-order valence-corrected chi connectivity index (χ0v) is 8.67. The van der Waals surface area contributed by atoms with Crippen molar-refractivity contribution in [3.63, 3.8) is 0 Å². The summed E-state index contributed by atoms with van der Waals surface area (Å²) in [5.74, 6) is 1.30. The van der Waals surface area contributed by atoms with Crippen LogP contribution in [0.3, 0.4) is 0 Å². The highest BCUT2D eigenvalue weighted by molar-refractivity contribution is 7.13. The van der Waals surface area contributed by atoms with E-state index in [4.69, 9.17) is 4.42 Å². The van der Waals surface area contributed by atoms with E-state index in [2.05, 4.69) is 15.5 Å². The van der Waals surface area contributed by atoms with Crippen molar-refractivity contribution in [2.24, 2.45) is 0 Å². The fraction of sp³-hybridized carbons (Fsp3) is 0.333. The van der Waals surface area contributed by atoms with Gasteiger partial charge in [0.1, 0.15) is 0 Å². The third-order valence-corrected chi connectivity index (χ3v) is 2.65. The van der Waals surface area contributed by atoms with Gasteiger partial charge in [0.05, 0.1) is 4.88 Å². The van der Waals surface area contributed by atoms with E-state index in [0.29, 0.717) is 11.8 Å². The Bertz CT molecular complexity index is 382. The highest BCUT2D eigenvalue weighted by atomic mass is 32.1. The van der Waals surface area contributed by atoms with Crippen molar-refractivity contribution in [3.05, 3.63) is 23.4 Å². The lowest BCUT2D eigenvalue weighted by atomic mass is 10.4. The summed E-state index contributed by atoms with van der Waals surface area (Å²) in [7, 11) is 1.90. The van der Waals surface area contributed by atoms with Crippen LogP contribution >= 0.6 is 11.3 Å². The molecule has 2 aromatic heterocycles. The molecule has 0 radical (unpaired) electrons. The summed E-state index contributed by atoms with van der Waals surface area (Å²) in [6.45, 7) is 0.853. The summed E-state index contributed by atoms with van der Waals surface area (Å²) in [5, 5.41) is 13.0. The van der Waals surface area contributed by atoms with E-state index in [9.17, 15) is 0 Å². The Kier molecular flexibility index (Phi) is 2.90. The van der Waals surface area contributed by atoms with E-state index in [1.54, 1.807) is 11.3 Å². The largest absolute Gasteiger partial charge is 0.420 e. The molecule has 2 aromatic rings. The van der Waals surface area contributed by atoms with Crippen LogP contribution in [0.15, 0.2) is 21.9 Å². The molecule has 0 bridgehead atoms. The quantitative estimate of drug-likeness (QED) is 0.830. The Morgan fingerprint density at radius 3 is 3.14 bits per heavy atom. The molecule has 0 saturated carbocycles. The number of likely N-dealkylation sites (N-methyl/N-ethyl adjacent to an activating group) is 1. The number of hydrogen-bond acceptors (Lipinski definition) is 5. The fourth-order valence-corrected chi connectivity index (χ4v) is 1.73. The third kappa shape index (κ3) is 2.00. The lowest BCUT2D eigenvalue weighted by molar-refractivity contribution is 0.501. The number of thiophene rings is 1. The van der Waals surface area contributed by atoms with Crippen molar-refractivity contribution in [2.75, 3.05) is 13.6 Å². The molecule has 0 aliphatic rings. The van der Waals surface area contributed by atoms with Gasteiger partial charge in [0, 0.05) is 13.0 Å². The third-order valence-electron chi connectivity index (χ3n) is 1.79. The van der Waals surface area contributed by atoms with Gasteiger partial charge in [-0.2, -0.15) is 0 Å². The zero-order chi connectivity index (χ0) is 9.80. The number of nitrogens with zero attached hydrogens (tertiary/aromatic N) is 2. The van der Waals surface area contributed by atoms with Gasteiger partial charge < -0.3 is 9.73 Å². The van der Waals surface area contributed by atoms with Crippen molar-refractivity contribution >= 4 is 11.3 Å². The summed E-state index contributed by atoms with van der Waals surface area (Å²) in [5.41, 5.74) is 0. The SMILES string of the molecule is CNCCc1nnc(-c2cccs2)o1. The van der Waals surface area contributed by atoms with Gasteiger partial charge in [-0.3, -0.25) is 0 Å². The van der Waals surface area contributed by atoms with E-state index >= 15 is 0 Å². The van der Waals surface area contributed by atoms with Gasteiger partial charge in [0.15, 0.2) is 0 Å². The Morgan fingerprint density at radius 1 is 1.50 bits per heavy atom. The molecule has 0 fully saturated rings. The van der Waals surface area contributed by atoms with Crippen LogP contribution < -0.4 is 5.32 Å². The van der Waals surface area contributed by atoms with Crippen molar-refractivity contribution in [3.8, 4) is 10.8 Å². The minimum Gasteiger partial charge on any atom is -0.420 e. The second kappa shape index (κ2) is 4.34. The molecule has 1 N–H and O–H groups in total. The molecule has 0 amide bonds. The highest BCUT2D eigenvalue weighted by Gasteiger charge is 2.08. The summed E-state index contributed by atoms with van der Waals surface area (Å²) >= 11 is 1.60. The van der Waals surface area contributed by atoms with Crippen LogP contribution in [0.1, 0.15) is 5.89 Å². The summed E-state index contributed by atoms with van der Waals surface area (Å²) in [6, 6.07) is 3.94. The van der Waals surface area contributed by atoms with Crippen molar-refractivity contribution in [1.29, 1.82) is 0 Å². The molecule has 0 aliphatic heterocycles. The predicted molar refractivity (Wildman–Crippen MR) is 55.2 cm³/mol. The van der Waals surface area contributed by atoms with Gasteiger partial charge in [-0.15, -0.1) is 21.5 Å². The lowest BCUT2D eigenvalue weighted by Gasteiger charge is -1.91. The van der Waals surface area contributed by atoms with Crippen LogP contribution in [-0.2, 0) is 6.42 Å². The average Bonchev–Trinajstić information content (AvgIpc) is 2.85. The molecule has 2 rings (SSSR count). The monoisotopic (exact) mass is 209 g/mol. The first-order valence-corrected chi connectivity index (χ1v) is 5.29. The first-order chi connectivity index (χ1) is 6.90. The molecule has 0 aromatic carbocycles. The maximum absolute atomic E-state index is 5.48. The van der Waals surface area contributed by atoms with E-state index in [1.165, 1.54) is 0 Å². The molecule has 0 spiro atoms. The van der Waals surface area contributed by atoms with E-state index in [0.717, 1.165) is 17.8 Å². The molecule has 4 nitrogen and oxygen atoms in total. The van der Waals surface area contributed by atoms with Crippen molar-refractivity contribution in [1.82, 2.24) is 15.5 Å². The van der Waals surface area contributed by atoms with Crippen LogP contribution in [0.25, 0.3) is 10.8 Å². The van der Waals surface area contributed by atoms with Crippen LogP contribution in [0.2, 0.25) is 0 Å². The van der Waals surface area contributed by atoms with E-state index < -0.39 is 0 Å². The zero-order valence-electron chi connectivity index (χ0n) is 7.86. The molecular weight excluding hydrogens is 198 g/mol. The number of rotatable bonds is 4. The standard InChI is InChI=1S/C9H11N3OS/c1-10-5-4-8-11-12-9(13-8)7-3-2-6-14-7/h2-3,6,10H,4-5H2,1H3. The molecule has 0 unspecified atom stereocenters. The van der Waals surface area contributed by atoms with Gasteiger partial charge in [-0.05, 0) is 18.5 Å². The minimum atomic E-state index is 0.617. The molecule has 74 valence electrons. The van der Waals surface area contributed by atoms with Crippen LogP contribution in [-0.4, -0.2) is 23.8 Å². The van der Waals surface area contributed by atoms with Crippen LogP contribution in [0, 0.1) is 0 Å². The average molecular weight is 209 g/mol. The van der Waals surface area contributed by atoms with E-state index in [1.807, 2.05) is 24.6 Å². The Labute approximate surface area is 86.0 Å². The summed E-state index contributed by atoms with van der Waals surface area (Å²) < 4.78 is 5.48. The molecule has 0 aliphatic carbocycles. The lowest BCUT2D eigenvalue weighted by Crippen LogP contribution is -2.10. The molecule has 14 heavy (non-hydrogen) atoms. The molecule has 5 heteroatoms. The molecule has 2 heterocycles. The second-order valence-corrected chi connectivity index (χ2v) is 3.78. The normalized spacial score (nSPS) is 10.6. The summed E-state index contributed by atoms with van der Waals surface area (Å²) in [6.07, 6.45) is 0.773. The molecular formula is C9H11N3OS. The Morgan fingerprint density at radius 2 is 2.43 bits per heavy atom. The molecule has 0 saturated heterocycles. The maximum Gasteiger partial charge on any atom is 0.257 e.